The monoisotopic (exact) mass is 271 g/mol. The van der Waals surface area contributed by atoms with Gasteiger partial charge in [-0.2, -0.15) is 0 Å². The maximum Gasteiger partial charge on any atom is 0.123 e. The largest absolute Gasteiger partial charge is 0.377 e. The predicted octanol–water partition coefficient (Wildman–Crippen LogP) is 3.18. The number of hydrogen-bond acceptors (Lipinski definition) is 2. The van der Waals surface area contributed by atoms with E-state index in [0.29, 0.717) is 11.4 Å². The number of likely N-dealkylation sites (N-methyl/N-ethyl adjacent to an activating group) is 1. The summed E-state index contributed by atoms with van der Waals surface area (Å²) in [6.45, 7) is 0. The normalized spacial score (nSPS) is 19.3. The van der Waals surface area contributed by atoms with Gasteiger partial charge in [0.2, 0.25) is 0 Å². The molecule has 0 aromatic heterocycles. The van der Waals surface area contributed by atoms with E-state index in [4.69, 9.17) is 16.3 Å². The summed E-state index contributed by atoms with van der Waals surface area (Å²) in [6.07, 6.45) is 3.95. The van der Waals surface area contributed by atoms with Crippen molar-refractivity contribution >= 4 is 11.6 Å². The lowest BCUT2D eigenvalue weighted by atomic mass is 9.72. The maximum atomic E-state index is 13.3. The van der Waals surface area contributed by atoms with Crippen LogP contribution in [0.25, 0.3) is 0 Å². The molecule has 1 aromatic carbocycles. The van der Waals surface area contributed by atoms with Gasteiger partial charge in [0.05, 0.1) is 5.60 Å². The van der Waals surface area contributed by atoms with Crippen molar-refractivity contribution < 1.29 is 9.13 Å². The Balaban J connectivity index is 2.17. The minimum atomic E-state index is -0.246. The molecule has 1 aromatic rings. The molecule has 2 rings (SSSR count). The standard InChI is InChI=1S/C14H19ClFNO/c1-17-13(14(18-2)6-3-7-14)9-10-8-11(16)4-5-12(10)15/h4-5,8,13,17H,3,6-7,9H2,1-2H3. The molecule has 1 aliphatic carbocycles. The average Bonchev–Trinajstić information content (AvgIpc) is 2.31. The predicted molar refractivity (Wildman–Crippen MR) is 71.6 cm³/mol. The van der Waals surface area contributed by atoms with Crippen molar-refractivity contribution in [1.82, 2.24) is 5.32 Å². The molecule has 0 saturated heterocycles. The number of halogens is 2. The van der Waals surface area contributed by atoms with Crippen LogP contribution < -0.4 is 5.32 Å². The van der Waals surface area contributed by atoms with Gasteiger partial charge in [0.1, 0.15) is 5.82 Å². The van der Waals surface area contributed by atoms with Crippen LogP contribution in [0.5, 0.6) is 0 Å². The highest BCUT2D eigenvalue weighted by molar-refractivity contribution is 6.31. The first-order valence-electron chi connectivity index (χ1n) is 6.27. The van der Waals surface area contributed by atoms with Crippen LogP contribution in [-0.4, -0.2) is 25.8 Å². The molecule has 18 heavy (non-hydrogen) atoms. The van der Waals surface area contributed by atoms with E-state index in [0.717, 1.165) is 18.4 Å². The van der Waals surface area contributed by atoms with E-state index in [2.05, 4.69) is 5.32 Å². The summed E-state index contributed by atoms with van der Waals surface area (Å²) in [6, 6.07) is 4.67. The van der Waals surface area contributed by atoms with Gasteiger partial charge in [0.25, 0.3) is 0 Å². The van der Waals surface area contributed by atoms with E-state index in [9.17, 15) is 4.39 Å². The van der Waals surface area contributed by atoms with E-state index in [1.165, 1.54) is 18.6 Å². The highest BCUT2D eigenvalue weighted by Gasteiger charge is 2.43. The lowest BCUT2D eigenvalue weighted by Gasteiger charge is -2.46. The summed E-state index contributed by atoms with van der Waals surface area (Å²) in [5, 5.41) is 3.90. The second kappa shape index (κ2) is 5.55. The minimum Gasteiger partial charge on any atom is -0.377 e. The molecule has 1 N–H and O–H groups in total. The lowest BCUT2D eigenvalue weighted by Crippen LogP contribution is -2.56. The van der Waals surface area contributed by atoms with Crippen LogP contribution in [0.4, 0.5) is 4.39 Å². The molecule has 0 radical (unpaired) electrons. The Morgan fingerprint density at radius 1 is 1.50 bits per heavy atom. The minimum absolute atomic E-state index is 0.121. The molecule has 1 saturated carbocycles. The summed E-state index contributed by atoms with van der Waals surface area (Å²) in [7, 11) is 3.66. The lowest BCUT2D eigenvalue weighted by molar-refractivity contribution is -0.0966. The molecule has 1 aliphatic rings. The van der Waals surface area contributed by atoms with Crippen molar-refractivity contribution in [2.75, 3.05) is 14.2 Å². The molecule has 2 nitrogen and oxygen atoms in total. The van der Waals surface area contributed by atoms with Gasteiger partial charge >= 0.3 is 0 Å². The fraction of sp³-hybridized carbons (Fsp3) is 0.571. The quantitative estimate of drug-likeness (QED) is 0.888. The molecular weight excluding hydrogens is 253 g/mol. The summed E-state index contributed by atoms with van der Waals surface area (Å²) in [5.74, 6) is -0.246. The van der Waals surface area contributed by atoms with Gasteiger partial charge in [-0.3, -0.25) is 0 Å². The molecular formula is C14H19ClFNO. The second-order valence-electron chi connectivity index (χ2n) is 4.90. The number of rotatable bonds is 5. The molecule has 4 heteroatoms. The van der Waals surface area contributed by atoms with Gasteiger partial charge in [-0.05, 0) is 56.5 Å². The highest BCUT2D eigenvalue weighted by Crippen LogP contribution is 2.39. The first-order chi connectivity index (χ1) is 8.61. The van der Waals surface area contributed by atoms with E-state index < -0.39 is 0 Å². The Kier molecular flexibility index (Phi) is 4.25. The molecule has 1 unspecified atom stereocenters. The average molecular weight is 272 g/mol. The van der Waals surface area contributed by atoms with Crippen LogP contribution in [0.2, 0.25) is 5.02 Å². The number of benzene rings is 1. The fourth-order valence-corrected chi connectivity index (χ4v) is 2.89. The summed E-state index contributed by atoms with van der Waals surface area (Å²) in [5.41, 5.74) is 0.712. The molecule has 100 valence electrons. The second-order valence-corrected chi connectivity index (χ2v) is 5.31. The van der Waals surface area contributed by atoms with Crippen LogP contribution in [0.15, 0.2) is 18.2 Å². The number of ether oxygens (including phenoxy) is 1. The van der Waals surface area contributed by atoms with Gasteiger partial charge in [0.15, 0.2) is 0 Å². The molecule has 0 aliphatic heterocycles. The molecule has 0 amide bonds. The topological polar surface area (TPSA) is 21.3 Å². The van der Waals surface area contributed by atoms with Crippen molar-refractivity contribution in [2.45, 2.75) is 37.3 Å². The molecule has 1 atom stereocenters. The van der Waals surface area contributed by atoms with Crippen molar-refractivity contribution in [2.24, 2.45) is 0 Å². The number of methoxy groups -OCH3 is 1. The first kappa shape index (κ1) is 13.8. The van der Waals surface area contributed by atoms with Crippen LogP contribution in [0.3, 0.4) is 0 Å². The Morgan fingerprint density at radius 3 is 2.72 bits per heavy atom. The van der Waals surface area contributed by atoms with Crippen LogP contribution in [0, 0.1) is 5.82 Å². The highest BCUT2D eigenvalue weighted by atomic mass is 35.5. The van der Waals surface area contributed by atoms with Gasteiger partial charge in [0, 0.05) is 18.2 Å². The van der Waals surface area contributed by atoms with Crippen LogP contribution in [0.1, 0.15) is 24.8 Å². The van der Waals surface area contributed by atoms with Crippen molar-refractivity contribution in [3.63, 3.8) is 0 Å². The molecule has 0 heterocycles. The molecule has 1 fully saturated rings. The zero-order chi connectivity index (χ0) is 13.2. The fourth-order valence-electron chi connectivity index (χ4n) is 2.69. The van der Waals surface area contributed by atoms with Gasteiger partial charge in [-0.25, -0.2) is 4.39 Å². The zero-order valence-corrected chi connectivity index (χ0v) is 11.6. The number of nitrogens with one attached hydrogen (secondary N) is 1. The third-order valence-corrected chi connectivity index (χ3v) is 4.39. The molecule has 0 bridgehead atoms. The Bertz CT molecular complexity index is 415. The first-order valence-corrected chi connectivity index (χ1v) is 6.65. The van der Waals surface area contributed by atoms with Crippen molar-refractivity contribution in [3.05, 3.63) is 34.6 Å². The van der Waals surface area contributed by atoms with Gasteiger partial charge < -0.3 is 10.1 Å². The Labute approximate surface area is 112 Å². The Hall–Kier alpha value is -0.640. The van der Waals surface area contributed by atoms with E-state index in [1.54, 1.807) is 13.2 Å². The van der Waals surface area contributed by atoms with E-state index >= 15 is 0 Å². The van der Waals surface area contributed by atoms with Gasteiger partial charge in [-0.15, -0.1) is 0 Å². The van der Waals surface area contributed by atoms with Gasteiger partial charge in [-0.1, -0.05) is 11.6 Å². The van der Waals surface area contributed by atoms with Crippen LogP contribution >= 0.6 is 11.6 Å². The summed E-state index contributed by atoms with van der Waals surface area (Å²) in [4.78, 5) is 0. The summed E-state index contributed by atoms with van der Waals surface area (Å²) >= 11 is 6.12. The van der Waals surface area contributed by atoms with Crippen molar-refractivity contribution in [1.29, 1.82) is 0 Å². The van der Waals surface area contributed by atoms with E-state index in [1.807, 2.05) is 7.05 Å². The van der Waals surface area contributed by atoms with E-state index in [-0.39, 0.29) is 17.5 Å². The smallest absolute Gasteiger partial charge is 0.123 e. The third kappa shape index (κ3) is 2.53. The third-order valence-electron chi connectivity index (χ3n) is 4.02. The Morgan fingerprint density at radius 2 is 2.22 bits per heavy atom. The van der Waals surface area contributed by atoms with Crippen molar-refractivity contribution in [3.8, 4) is 0 Å². The molecule has 0 spiro atoms. The summed E-state index contributed by atoms with van der Waals surface area (Å²) < 4.78 is 18.9. The number of hydrogen-bond donors (Lipinski definition) is 1. The maximum absolute atomic E-state index is 13.3. The SMILES string of the molecule is CNC(Cc1cc(F)ccc1Cl)C1(OC)CCC1. The van der Waals surface area contributed by atoms with Crippen LogP contribution in [-0.2, 0) is 11.2 Å². The zero-order valence-electron chi connectivity index (χ0n) is 10.8.